The van der Waals surface area contributed by atoms with Crippen molar-refractivity contribution in [3.8, 4) is 11.5 Å². The third kappa shape index (κ3) is 4.63. The fourth-order valence-corrected chi connectivity index (χ4v) is 2.50. The molecule has 2 aromatic rings. The van der Waals surface area contributed by atoms with Crippen LogP contribution >= 0.6 is 0 Å². The van der Waals surface area contributed by atoms with Crippen LogP contribution in [0.3, 0.4) is 0 Å². The third-order valence-electron chi connectivity index (χ3n) is 3.85. The van der Waals surface area contributed by atoms with E-state index in [4.69, 9.17) is 9.47 Å². The van der Waals surface area contributed by atoms with Crippen molar-refractivity contribution in [2.24, 2.45) is 0 Å². The van der Waals surface area contributed by atoms with Crippen LogP contribution in [0.4, 0.5) is 5.69 Å². The highest BCUT2D eigenvalue weighted by Gasteiger charge is 2.11. The first-order valence-electron chi connectivity index (χ1n) is 8.18. The van der Waals surface area contributed by atoms with Gasteiger partial charge in [0.1, 0.15) is 11.5 Å². The highest BCUT2D eigenvalue weighted by atomic mass is 16.6. The Morgan fingerprint density at radius 3 is 2.77 bits per heavy atom. The summed E-state index contributed by atoms with van der Waals surface area (Å²) in [6.45, 7) is 0.555. The molecule has 1 amide bonds. The second-order valence-electron chi connectivity index (χ2n) is 5.68. The van der Waals surface area contributed by atoms with Gasteiger partial charge in [0.05, 0.1) is 13.7 Å². The van der Waals surface area contributed by atoms with E-state index in [0.29, 0.717) is 18.0 Å². The summed E-state index contributed by atoms with van der Waals surface area (Å²) in [4.78, 5) is 23.1. The molecule has 0 spiro atoms. The Morgan fingerprint density at radius 2 is 2.00 bits per heavy atom. The minimum Gasteiger partial charge on any atom is -0.493 e. The molecule has 0 fully saturated rings. The molecule has 6 nitrogen and oxygen atoms in total. The van der Waals surface area contributed by atoms with Crippen molar-refractivity contribution in [3.63, 3.8) is 0 Å². The highest BCUT2D eigenvalue weighted by molar-refractivity contribution is 6.01. The molecule has 0 aromatic heterocycles. The lowest BCUT2D eigenvalue weighted by molar-refractivity contribution is -0.142. The fraction of sp³-hybridized carbons (Fsp3) is 0.200. The minimum absolute atomic E-state index is 0.156. The van der Waals surface area contributed by atoms with Crippen LogP contribution in [0, 0.1) is 0 Å². The molecule has 0 saturated carbocycles. The predicted octanol–water partition coefficient (Wildman–Crippen LogP) is 2.83. The number of fused-ring (bicyclic) bond motifs is 1. The zero-order chi connectivity index (χ0) is 18.4. The maximum absolute atomic E-state index is 12.0. The standard InChI is InChI=1S/C20H19NO5/c1-24-20(23)13-26-17-6-4-16(5-7-17)21-19(22)9-3-14-2-8-18-15(12-14)10-11-25-18/h2-9,12H,10-11,13H2,1H3,(H,21,22)/b9-3+. The molecule has 2 aromatic carbocycles. The molecular weight excluding hydrogens is 334 g/mol. The van der Waals surface area contributed by atoms with Gasteiger partial charge in [-0.2, -0.15) is 0 Å². The summed E-state index contributed by atoms with van der Waals surface area (Å²) in [6.07, 6.45) is 4.15. The largest absolute Gasteiger partial charge is 0.493 e. The minimum atomic E-state index is -0.453. The number of carbonyl (C=O) groups excluding carboxylic acids is 2. The first kappa shape index (κ1) is 17.5. The van der Waals surface area contributed by atoms with Gasteiger partial charge in [-0.3, -0.25) is 4.79 Å². The SMILES string of the molecule is COC(=O)COc1ccc(NC(=O)/C=C/c2ccc3c(c2)CCO3)cc1. The smallest absolute Gasteiger partial charge is 0.343 e. The first-order valence-corrected chi connectivity index (χ1v) is 8.18. The maximum atomic E-state index is 12.0. The Labute approximate surface area is 151 Å². The van der Waals surface area contributed by atoms with E-state index in [1.165, 1.54) is 13.2 Å². The Balaban J connectivity index is 1.53. The molecule has 0 atom stereocenters. The van der Waals surface area contributed by atoms with Gasteiger partial charge in [0.25, 0.3) is 0 Å². The molecular formula is C20H19NO5. The fourth-order valence-electron chi connectivity index (χ4n) is 2.50. The van der Waals surface area contributed by atoms with Gasteiger partial charge in [-0.25, -0.2) is 4.79 Å². The first-order chi connectivity index (χ1) is 12.6. The zero-order valence-corrected chi connectivity index (χ0v) is 14.4. The molecule has 26 heavy (non-hydrogen) atoms. The zero-order valence-electron chi connectivity index (χ0n) is 14.4. The van der Waals surface area contributed by atoms with Gasteiger partial charge >= 0.3 is 5.97 Å². The molecule has 0 saturated heterocycles. The summed E-state index contributed by atoms with van der Waals surface area (Å²) in [5.74, 6) is 0.751. The summed E-state index contributed by atoms with van der Waals surface area (Å²) >= 11 is 0. The Morgan fingerprint density at radius 1 is 1.19 bits per heavy atom. The van der Waals surface area contributed by atoms with Crippen molar-refractivity contribution >= 4 is 23.6 Å². The van der Waals surface area contributed by atoms with Crippen LogP contribution in [0.15, 0.2) is 48.5 Å². The number of carbonyl (C=O) groups is 2. The van der Waals surface area contributed by atoms with Gasteiger partial charge in [0.2, 0.25) is 5.91 Å². The molecule has 0 bridgehead atoms. The van der Waals surface area contributed by atoms with E-state index in [2.05, 4.69) is 10.1 Å². The molecule has 1 aliphatic heterocycles. The monoisotopic (exact) mass is 353 g/mol. The van der Waals surface area contributed by atoms with Crippen molar-refractivity contribution in [2.75, 3.05) is 25.6 Å². The number of anilines is 1. The van der Waals surface area contributed by atoms with Gasteiger partial charge in [0, 0.05) is 18.2 Å². The maximum Gasteiger partial charge on any atom is 0.343 e. The molecule has 1 aliphatic rings. The summed E-state index contributed by atoms with van der Waals surface area (Å²) in [7, 11) is 1.30. The predicted molar refractivity (Wildman–Crippen MR) is 97.3 cm³/mol. The van der Waals surface area contributed by atoms with Crippen LogP contribution in [0.1, 0.15) is 11.1 Å². The van der Waals surface area contributed by atoms with E-state index >= 15 is 0 Å². The average molecular weight is 353 g/mol. The van der Waals surface area contributed by atoms with E-state index in [0.717, 1.165) is 23.3 Å². The lowest BCUT2D eigenvalue weighted by atomic mass is 10.1. The molecule has 1 heterocycles. The molecule has 1 N–H and O–H groups in total. The molecule has 6 heteroatoms. The third-order valence-corrected chi connectivity index (χ3v) is 3.85. The Hall–Kier alpha value is -3.28. The van der Waals surface area contributed by atoms with Crippen molar-refractivity contribution in [3.05, 3.63) is 59.7 Å². The van der Waals surface area contributed by atoms with Crippen molar-refractivity contribution in [2.45, 2.75) is 6.42 Å². The summed E-state index contributed by atoms with van der Waals surface area (Å²) in [5, 5.41) is 2.77. The summed E-state index contributed by atoms with van der Waals surface area (Å²) in [6, 6.07) is 12.6. The van der Waals surface area contributed by atoms with Crippen LogP contribution in [0.25, 0.3) is 6.08 Å². The molecule has 3 rings (SSSR count). The number of ether oxygens (including phenoxy) is 3. The number of rotatable bonds is 6. The van der Waals surface area contributed by atoms with Gasteiger partial charge < -0.3 is 19.5 Å². The van der Waals surface area contributed by atoms with Crippen molar-refractivity contribution in [1.82, 2.24) is 0 Å². The van der Waals surface area contributed by atoms with E-state index in [9.17, 15) is 9.59 Å². The van der Waals surface area contributed by atoms with E-state index < -0.39 is 5.97 Å². The Kier molecular flexibility index (Phi) is 5.53. The number of methoxy groups -OCH3 is 1. The number of benzene rings is 2. The highest BCUT2D eigenvalue weighted by Crippen LogP contribution is 2.26. The van der Waals surface area contributed by atoms with Crippen molar-refractivity contribution in [1.29, 1.82) is 0 Å². The van der Waals surface area contributed by atoms with Gasteiger partial charge in [0.15, 0.2) is 6.61 Å². The second-order valence-corrected chi connectivity index (χ2v) is 5.68. The summed E-state index contributed by atoms with van der Waals surface area (Å²) in [5.41, 5.74) is 2.75. The normalized spacial score (nSPS) is 12.3. The van der Waals surface area contributed by atoms with Gasteiger partial charge in [-0.15, -0.1) is 0 Å². The van der Waals surface area contributed by atoms with Crippen LogP contribution in [-0.2, 0) is 20.7 Å². The Bertz CT molecular complexity index is 827. The average Bonchev–Trinajstić information content (AvgIpc) is 3.13. The van der Waals surface area contributed by atoms with Crippen molar-refractivity contribution < 1.29 is 23.8 Å². The quantitative estimate of drug-likeness (QED) is 0.638. The van der Waals surface area contributed by atoms with E-state index in [1.54, 1.807) is 30.3 Å². The van der Waals surface area contributed by atoms with Crippen LogP contribution in [0.5, 0.6) is 11.5 Å². The number of amides is 1. The van der Waals surface area contributed by atoms with Crippen LogP contribution in [0.2, 0.25) is 0 Å². The second kappa shape index (κ2) is 8.20. The lowest BCUT2D eigenvalue weighted by Crippen LogP contribution is -2.12. The van der Waals surface area contributed by atoms with E-state index in [1.807, 2.05) is 18.2 Å². The number of esters is 1. The number of hydrogen-bond acceptors (Lipinski definition) is 5. The topological polar surface area (TPSA) is 73.9 Å². The number of nitrogens with one attached hydrogen (secondary N) is 1. The lowest BCUT2D eigenvalue weighted by Gasteiger charge is -2.06. The van der Waals surface area contributed by atoms with E-state index in [-0.39, 0.29) is 12.5 Å². The molecule has 0 unspecified atom stereocenters. The van der Waals surface area contributed by atoms with Crippen LogP contribution in [-0.4, -0.2) is 32.2 Å². The summed E-state index contributed by atoms with van der Waals surface area (Å²) < 4.78 is 15.2. The molecule has 0 radical (unpaired) electrons. The molecule has 134 valence electrons. The van der Waals surface area contributed by atoms with Gasteiger partial charge in [-0.05, 0) is 53.6 Å². The molecule has 0 aliphatic carbocycles. The number of hydrogen-bond donors (Lipinski definition) is 1. The van der Waals surface area contributed by atoms with Gasteiger partial charge in [-0.1, -0.05) is 6.07 Å². The van der Waals surface area contributed by atoms with Crippen LogP contribution < -0.4 is 14.8 Å².